The molecule has 0 spiro atoms. The lowest BCUT2D eigenvalue weighted by atomic mass is 9.87. The van der Waals surface area contributed by atoms with Crippen molar-refractivity contribution in [3.8, 4) is 22.6 Å². The number of ketones is 1. The van der Waals surface area contributed by atoms with Crippen molar-refractivity contribution in [3.63, 3.8) is 0 Å². The Hall–Kier alpha value is -3.13. The maximum atomic E-state index is 12.9. The molecule has 0 fully saturated rings. The van der Waals surface area contributed by atoms with E-state index in [4.69, 9.17) is 4.42 Å². The molecule has 3 aromatic carbocycles. The zero-order valence-corrected chi connectivity index (χ0v) is 12.2. The van der Waals surface area contributed by atoms with Crippen LogP contribution in [0, 0.1) is 0 Å². The first-order valence-corrected chi connectivity index (χ1v) is 7.59. The Labute approximate surface area is 133 Å². The molecular formula is C21H12O2. The Bertz CT molecular complexity index is 1070. The van der Waals surface area contributed by atoms with Gasteiger partial charge in [0, 0.05) is 22.1 Å². The summed E-state index contributed by atoms with van der Waals surface area (Å²) in [6, 6.07) is 23.7. The Morgan fingerprint density at radius 3 is 2.22 bits per heavy atom. The Morgan fingerprint density at radius 1 is 0.696 bits per heavy atom. The van der Waals surface area contributed by atoms with Crippen molar-refractivity contribution in [1.29, 1.82) is 0 Å². The van der Waals surface area contributed by atoms with Crippen molar-refractivity contribution < 1.29 is 9.21 Å². The zero-order valence-electron chi connectivity index (χ0n) is 12.2. The molecule has 0 saturated heterocycles. The summed E-state index contributed by atoms with van der Waals surface area (Å²) in [4.78, 5) is 12.9. The number of fused-ring (bicyclic) bond motifs is 2. The van der Waals surface area contributed by atoms with Gasteiger partial charge in [0.2, 0.25) is 0 Å². The van der Waals surface area contributed by atoms with E-state index in [1.807, 2.05) is 72.8 Å². The molecule has 23 heavy (non-hydrogen) atoms. The third-order valence-corrected chi connectivity index (χ3v) is 4.43. The lowest BCUT2D eigenvalue weighted by Crippen LogP contribution is -2.07. The van der Waals surface area contributed by atoms with E-state index in [1.54, 1.807) is 0 Å². The predicted octanol–water partition coefficient (Wildman–Crippen LogP) is 5.31. The summed E-state index contributed by atoms with van der Waals surface area (Å²) in [5.74, 6) is 1.45. The molecule has 108 valence electrons. The van der Waals surface area contributed by atoms with Gasteiger partial charge in [-0.25, -0.2) is 0 Å². The van der Waals surface area contributed by atoms with E-state index >= 15 is 0 Å². The summed E-state index contributed by atoms with van der Waals surface area (Å²) in [5.41, 5.74) is 3.38. The van der Waals surface area contributed by atoms with Gasteiger partial charge < -0.3 is 4.42 Å². The van der Waals surface area contributed by atoms with E-state index in [1.165, 1.54) is 0 Å². The summed E-state index contributed by atoms with van der Waals surface area (Å²) in [5, 5.41) is 2.05. The molecule has 0 saturated carbocycles. The van der Waals surface area contributed by atoms with Crippen LogP contribution < -0.4 is 0 Å². The summed E-state index contributed by atoms with van der Waals surface area (Å²) >= 11 is 0. The zero-order chi connectivity index (χ0) is 15.4. The van der Waals surface area contributed by atoms with Crippen LogP contribution in [0.5, 0.6) is 0 Å². The highest BCUT2D eigenvalue weighted by Gasteiger charge is 2.29. The second kappa shape index (κ2) is 4.43. The highest BCUT2D eigenvalue weighted by molar-refractivity contribution is 6.25. The number of benzene rings is 3. The van der Waals surface area contributed by atoms with Crippen molar-refractivity contribution in [2.45, 2.75) is 0 Å². The minimum Gasteiger partial charge on any atom is -0.455 e. The van der Waals surface area contributed by atoms with E-state index in [2.05, 4.69) is 0 Å². The molecule has 1 aliphatic carbocycles. The molecule has 2 nitrogen and oxygen atoms in total. The molecule has 4 aromatic rings. The molecule has 0 N–H and O–H groups in total. The number of carbonyl (C=O) groups excluding carboxylic acids is 1. The van der Waals surface area contributed by atoms with Crippen LogP contribution in [0.25, 0.3) is 33.4 Å². The maximum absolute atomic E-state index is 12.9. The van der Waals surface area contributed by atoms with Crippen molar-refractivity contribution in [2.24, 2.45) is 0 Å². The normalized spacial score (nSPS) is 12.4. The lowest BCUT2D eigenvalue weighted by Gasteiger charge is -2.15. The van der Waals surface area contributed by atoms with Gasteiger partial charge in [-0.2, -0.15) is 0 Å². The van der Waals surface area contributed by atoms with Gasteiger partial charge in [-0.1, -0.05) is 66.7 Å². The second-order valence-electron chi connectivity index (χ2n) is 5.76. The van der Waals surface area contributed by atoms with Crippen molar-refractivity contribution in [3.05, 3.63) is 83.9 Å². The highest BCUT2D eigenvalue weighted by Crippen LogP contribution is 2.42. The topological polar surface area (TPSA) is 30.2 Å². The van der Waals surface area contributed by atoms with Crippen LogP contribution in [0.3, 0.4) is 0 Å². The molecule has 0 bridgehead atoms. The first kappa shape index (κ1) is 12.4. The van der Waals surface area contributed by atoms with E-state index in [0.717, 1.165) is 33.2 Å². The first-order chi connectivity index (χ1) is 11.3. The Balaban J connectivity index is 1.84. The number of hydrogen-bond acceptors (Lipinski definition) is 2. The van der Waals surface area contributed by atoms with E-state index in [9.17, 15) is 4.79 Å². The highest BCUT2D eigenvalue weighted by atomic mass is 16.3. The summed E-state index contributed by atoms with van der Waals surface area (Å²) < 4.78 is 6.09. The fourth-order valence-corrected chi connectivity index (χ4v) is 3.37. The van der Waals surface area contributed by atoms with Gasteiger partial charge in [-0.3, -0.25) is 4.79 Å². The predicted molar refractivity (Wildman–Crippen MR) is 90.5 cm³/mol. The minimum atomic E-state index is 0.0373. The fourth-order valence-electron chi connectivity index (χ4n) is 3.37. The van der Waals surface area contributed by atoms with Gasteiger partial charge in [-0.15, -0.1) is 0 Å². The van der Waals surface area contributed by atoms with Crippen LogP contribution in [-0.4, -0.2) is 5.78 Å². The lowest BCUT2D eigenvalue weighted by molar-refractivity contribution is 0.103. The summed E-state index contributed by atoms with van der Waals surface area (Å²) in [6.45, 7) is 0. The molecule has 0 amide bonds. The number of rotatable bonds is 1. The molecule has 0 atom stereocenters. The monoisotopic (exact) mass is 296 g/mol. The standard InChI is InChI=1S/C21H12O2/c22-20-15-10-4-8-14-9-5-11-16(19(14)15)21-17(20)12-18(23-21)13-6-2-1-3-7-13/h1-12H. The van der Waals surface area contributed by atoms with Gasteiger partial charge in [0.25, 0.3) is 0 Å². The van der Waals surface area contributed by atoms with Gasteiger partial charge in [0.15, 0.2) is 5.78 Å². The van der Waals surface area contributed by atoms with Crippen LogP contribution in [0.4, 0.5) is 0 Å². The van der Waals surface area contributed by atoms with Crippen LogP contribution >= 0.6 is 0 Å². The average Bonchev–Trinajstić information content (AvgIpc) is 3.06. The molecular weight excluding hydrogens is 284 g/mol. The Kier molecular flexibility index (Phi) is 2.39. The average molecular weight is 296 g/mol. The van der Waals surface area contributed by atoms with Crippen LogP contribution in [0.15, 0.2) is 77.2 Å². The largest absolute Gasteiger partial charge is 0.455 e. The van der Waals surface area contributed by atoms with Gasteiger partial charge in [0.1, 0.15) is 11.5 Å². The fraction of sp³-hybridized carbons (Fsp3) is 0. The molecule has 1 heterocycles. The van der Waals surface area contributed by atoms with E-state index in [0.29, 0.717) is 11.3 Å². The molecule has 0 unspecified atom stereocenters. The van der Waals surface area contributed by atoms with Crippen molar-refractivity contribution in [2.75, 3.05) is 0 Å². The molecule has 0 aliphatic heterocycles. The number of hydrogen-bond donors (Lipinski definition) is 0. The molecule has 0 radical (unpaired) electrons. The second-order valence-corrected chi connectivity index (χ2v) is 5.76. The molecule has 1 aliphatic rings. The van der Waals surface area contributed by atoms with Crippen LogP contribution in [-0.2, 0) is 0 Å². The maximum Gasteiger partial charge on any atom is 0.197 e. The molecule has 5 rings (SSSR count). The van der Waals surface area contributed by atoms with Crippen molar-refractivity contribution in [1.82, 2.24) is 0 Å². The minimum absolute atomic E-state index is 0.0373. The van der Waals surface area contributed by atoms with Crippen molar-refractivity contribution >= 4 is 16.6 Å². The van der Waals surface area contributed by atoms with Crippen LogP contribution in [0.1, 0.15) is 15.9 Å². The first-order valence-electron chi connectivity index (χ1n) is 7.59. The third kappa shape index (κ3) is 1.66. The third-order valence-electron chi connectivity index (χ3n) is 4.43. The van der Waals surface area contributed by atoms with Gasteiger partial charge in [-0.05, 0) is 11.5 Å². The van der Waals surface area contributed by atoms with E-state index < -0.39 is 0 Å². The number of carbonyl (C=O) groups is 1. The van der Waals surface area contributed by atoms with E-state index in [-0.39, 0.29) is 5.78 Å². The molecule has 2 heteroatoms. The van der Waals surface area contributed by atoms with Crippen LogP contribution in [0.2, 0.25) is 0 Å². The molecule has 1 aromatic heterocycles. The summed E-state index contributed by atoms with van der Waals surface area (Å²) in [6.07, 6.45) is 0. The van der Waals surface area contributed by atoms with Gasteiger partial charge in [0.05, 0.1) is 5.56 Å². The quantitative estimate of drug-likeness (QED) is 0.419. The SMILES string of the molecule is O=C1c2cc(-c3ccccc3)oc2-c2cccc3cccc1c23. The smallest absolute Gasteiger partial charge is 0.197 e. The Morgan fingerprint density at radius 2 is 1.43 bits per heavy atom. The van der Waals surface area contributed by atoms with Gasteiger partial charge >= 0.3 is 0 Å². The number of furan rings is 1. The summed E-state index contributed by atoms with van der Waals surface area (Å²) in [7, 11) is 0.